The average molecular weight is 294 g/mol. The van der Waals surface area contributed by atoms with Crippen molar-refractivity contribution in [2.75, 3.05) is 5.32 Å². The Morgan fingerprint density at radius 2 is 2.25 bits per heavy atom. The SMILES string of the molecule is CCC[C@@H]1CC(=O)C[C@@]2(O1)C(=O)Nc1cc(Cl)ccc12. The Morgan fingerprint density at radius 3 is 3.00 bits per heavy atom. The molecule has 2 heterocycles. The molecular formula is C15H16ClNO3. The van der Waals surface area contributed by atoms with Crippen LogP contribution in [0.4, 0.5) is 5.69 Å². The molecule has 3 rings (SSSR count). The van der Waals surface area contributed by atoms with Gasteiger partial charge in [0.05, 0.1) is 6.10 Å². The maximum atomic E-state index is 12.4. The number of Topliss-reactive ketones (excluding diaryl/α,β-unsaturated/α-hetero) is 1. The Balaban J connectivity index is 2.03. The topological polar surface area (TPSA) is 55.4 Å². The summed E-state index contributed by atoms with van der Waals surface area (Å²) in [5.74, 6) is -0.184. The van der Waals surface area contributed by atoms with Crippen LogP contribution in [0.1, 0.15) is 38.2 Å². The number of amides is 1. The molecule has 1 N–H and O–H groups in total. The van der Waals surface area contributed by atoms with Gasteiger partial charge in [-0.3, -0.25) is 9.59 Å². The predicted molar refractivity (Wildman–Crippen MR) is 75.8 cm³/mol. The summed E-state index contributed by atoms with van der Waals surface area (Å²) < 4.78 is 6.05. The summed E-state index contributed by atoms with van der Waals surface area (Å²) in [4.78, 5) is 24.4. The van der Waals surface area contributed by atoms with Gasteiger partial charge in [0.2, 0.25) is 0 Å². The van der Waals surface area contributed by atoms with Crippen molar-refractivity contribution in [1.29, 1.82) is 0 Å². The maximum absolute atomic E-state index is 12.4. The second-order valence-electron chi connectivity index (χ2n) is 5.42. The van der Waals surface area contributed by atoms with Gasteiger partial charge in [0.25, 0.3) is 5.91 Å². The number of halogens is 1. The van der Waals surface area contributed by atoms with E-state index in [0.717, 1.165) is 18.4 Å². The molecule has 2 aliphatic rings. The first kappa shape index (κ1) is 13.6. The van der Waals surface area contributed by atoms with Gasteiger partial charge in [0.15, 0.2) is 5.60 Å². The second-order valence-corrected chi connectivity index (χ2v) is 5.86. The lowest BCUT2D eigenvalue weighted by Gasteiger charge is -2.36. The molecule has 1 spiro atoms. The number of nitrogens with one attached hydrogen (secondary N) is 1. The third kappa shape index (κ3) is 2.03. The van der Waals surface area contributed by atoms with Crippen molar-refractivity contribution in [2.24, 2.45) is 0 Å². The molecule has 1 aromatic carbocycles. The van der Waals surface area contributed by atoms with Crippen LogP contribution in [-0.4, -0.2) is 17.8 Å². The van der Waals surface area contributed by atoms with E-state index in [0.29, 0.717) is 17.1 Å². The molecule has 0 saturated carbocycles. The smallest absolute Gasteiger partial charge is 0.261 e. The molecule has 1 fully saturated rings. The number of ketones is 1. The number of fused-ring (bicyclic) bond motifs is 2. The summed E-state index contributed by atoms with van der Waals surface area (Å²) in [6, 6.07) is 5.19. The van der Waals surface area contributed by atoms with Gasteiger partial charge < -0.3 is 10.1 Å². The Hall–Kier alpha value is -1.39. The van der Waals surface area contributed by atoms with Crippen LogP contribution in [-0.2, 0) is 19.9 Å². The fourth-order valence-corrected chi connectivity index (χ4v) is 3.24. The molecule has 0 radical (unpaired) electrons. The molecule has 5 heteroatoms. The summed E-state index contributed by atoms with van der Waals surface area (Å²) in [7, 11) is 0. The maximum Gasteiger partial charge on any atom is 0.261 e. The monoisotopic (exact) mass is 293 g/mol. The minimum atomic E-state index is -1.16. The van der Waals surface area contributed by atoms with Gasteiger partial charge in [-0.2, -0.15) is 0 Å². The van der Waals surface area contributed by atoms with Crippen LogP contribution in [0.15, 0.2) is 18.2 Å². The minimum Gasteiger partial charge on any atom is -0.356 e. The molecule has 0 bridgehead atoms. The normalized spacial score (nSPS) is 28.6. The molecule has 2 aliphatic heterocycles. The first-order valence-electron chi connectivity index (χ1n) is 6.86. The number of benzene rings is 1. The molecule has 106 valence electrons. The van der Waals surface area contributed by atoms with Crippen LogP contribution < -0.4 is 5.32 Å². The van der Waals surface area contributed by atoms with E-state index in [9.17, 15) is 9.59 Å². The largest absolute Gasteiger partial charge is 0.356 e. The molecule has 1 aromatic rings. The van der Waals surface area contributed by atoms with Crippen molar-refractivity contribution < 1.29 is 14.3 Å². The van der Waals surface area contributed by atoms with Crippen LogP contribution in [0.3, 0.4) is 0 Å². The van der Waals surface area contributed by atoms with E-state index in [-0.39, 0.29) is 24.2 Å². The van der Waals surface area contributed by atoms with Crippen LogP contribution >= 0.6 is 11.6 Å². The fourth-order valence-electron chi connectivity index (χ4n) is 3.06. The Labute approximate surface area is 122 Å². The summed E-state index contributed by atoms with van der Waals surface area (Å²) in [5, 5.41) is 3.33. The lowest BCUT2D eigenvalue weighted by molar-refractivity contribution is -0.170. The summed E-state index contributed by atoms with van der Waals surface area (Å²) in [5.41, 5.74) is 0.211. The zero-order chi connectivity index (χ0) is 14.3. The van der Waals surface area contributed by atoms with Crippen LogP contribution in [0, 0.1) is 0 Å². The molecule has 1 saturated heterocycles. The number of carbonyl (C=O) groups excluding carboxylic acids is 2. The van der Waals surface area contributed by atoms with E-state index >= 15 is 0 Å². The average Bonchev–Trinajstić information content (AvgIpc) is 2.61. The van der Waals surface area contributed by atoms with Gasteiger partial charge in [0, 0.05) is 29.1 Å². The first-order valence-corrected chi connectivity index (χ1v) is 7.24. The first-order chi connectivity index (χ1) is 9.55. The lowest BCUT2D eigenvalue weighted by atomic mass is 9.84. The van der Waals surface area contributed by atoms with Crippen LogP contribution in [0.2, 0.25) is 5.02 Å². The van der Waals surface area contributed by atoms with Crippen molar-refractivity contribution in [2.45, 2.75) is 44.3 Å². The standard InChI is InChI=1S/C15H16ClNO3/c1-2-3-11-7-10(18)8-15(20-11)12-5-4-9(16)6-13(12)17-14(15)19/h4-6,11H,2-3,7-8H2,1H3,(H,17,19)/t11-,15+/m1/s1. The minimum absolute atomic E-state index is 0.0765. The lowest BCUT2D eigenvalue weighted by Crippen LogP contribution is -2.47. The van der Waals surface area contributed by atoms with E-state index < -0.39 is 5.60 Å². The van der Waals surface area contributed by atoms with Gasteiger partial charge >= 0.3 is 0 Å². The molecular weight excluding hydrogens is 278 g/mol. The number of anilines is 1. The van der Waals surface area contributed by atoms with E-state index in [2.05, 4.69) is 5.32 Å². The summed E-state index contributed by atoms with van der Waals surface area (Å²) >= 11 is 5.95. The molecule has 20 heavy (non-hydrogen) atoms. The highest BCUT2D eigenvalue weighted by Gasteiger charge is 2.53. The van der Waals surface area contributed by atoms with Gasteiger partial charge in [-0.1, -0.05) is 31.0 Å². The van der Waals surface area contributed by atoms with Gasteiger partial charge in [-0.25, -0.2) is 0 Å². The third-order valence-electron chi connectivity index (χ3n) is 3.91. The van der Waals surface area contributed by atoms with Crippen molar-refractivity contribution in [3.8, 4) is 0 Å². The van der Waals surface area contributed by atoms with Gasteiger partial charge in [0.1, 0.15) is 5.78 Å². The van der Waals surface area contributed by atoms with Crippen molar-refractivity contribution in [3.05, 3.63) is 28.8 Å². The molecule has 4 nitrogen and oxygen atoms in total. The quantitative estimate of drug-likeness (QED) is 0.912. The molecule has 0 aromatic heterocycles. The fraction of sp³-hybridized carbons (Fsp3) is 0.467. The van der Waals surface area contributed by atoms with Gasteiger partial charge in [-0.15, -0.1) is 0 Å². The van der Waals surface area contributed by atoms with E-state index in [1.54, 1.807) is 18.2 Å². The van der Waals surface area contributed by atoms with Crippen LogP contribution in [0.5, 0.6) is 0 Å². The highest BCUT2D eigenvalue weighted by atomic mass is 35.5. The zero-order valence-corrected chi connectivity index (χ0v) is 12.0. The predicted octanol–water partition coefficient (Wildman–Crippen LogP) is 3.04. The number of hydrogen-bond donors (Lipinski definition) is 1. The van der Waals surface area contributed by atoms with Crippen molar-refractivity contribution in [3.63, 3.8) is 0 Å². The summed E-state index contributed by atoms with van der Waals surface area (Å²) in [6.45, 7) is 2.04. The van der Waals surface area contributed by atoms with Crippen molar-refractivity contribution in [1.82, 2.24) is 0 Å². The molecule has 1 amide bonds. The highest BCUT2D eigenvalue weighted by Crippen LogP contribution is 2.46. The Bertz CT molecular complexity index is 586. The third-order valence-corrected chi connectivity index (χ3v) is 4.15. The van der Waals surface area contributed by atoms with Crippen LogP contribution in [0.25, 0.3) is 0 Å². The number of carbonyl (C=O) groups is 2. The van der Waals surface area contributed by atoms with Crippen molar-refractivity contribution >= 4 is 29.0 Å². The second kappa shape index (κ2) is 4.86. The zero-order valence-electron chi connectivity index (χ0n) is 11.2. The van der Waals surface area contributed by atoms with E-state index in [1.807, 2.05) is 6.92 Å². The summed E-state index contributed by atoms with van der Waals surface area (Å²) in [6.07, 6.45) is 2.01. The van der Waals surface area contributed by atoms with Gasteiger partial charge in [-0.05, 0) is 18.6 Å². The number of rotatable bonds is 2. The highest BCUT2D eigenvalue weighted by molar-refractivity contribution is 6.31. The van der Waals surface area contributed by atoms with E-state index in [4.69, 9.17) is 16.3 Å². The number of ether oxygens (including phenoxy) is 1. The molecule has 0 unspecified atom stereocenters. The Morgan fingerprint density at radius 1 is 1.45 bits per heavy atom. The molecule has 2 atom stereocenters. The number of hydrogen-bond acceptors (Lipinski definition) is 3. The molecule has 0 aliphatic carbocycles. The van der Waals surface area contributed by atoms with E-state index in [1.165, 1.54) is 0 Å². The Kier molecular flexibility index (Phi) is 3.30.